The van der Waals surface area contributed by atoms with Gasteiger partial charge in [0.1, 0.15) is 15.2 Å². The van der Waals surface area contributed by atoms with Crippen LogP contribution >= 0.6 is 11.3 Å². The van der Waals surface area contributed by atoms with Crippen LogP contribution in [0.1, 0.15) is 9.67 Å². The van der Waals surface area contributed by atoms with Crippen molar-refractivity contribution in [2.45, 2.75) is 0 Å². The smallest absolute Gasteiger partial charge is 0.263 e. The number of anilines is 1. The highest BCUT2D eigenvalue weighted by atomic mass is 32.2. The summed E-state index contributed by atoms with van der Waals surface area (Å²) in [6.45, 7) is 0.358. The van der Waals surface area contributed by atoms with E-state index in [2.05, 4.69) is 15.3 Å². The number of carbonyl (C=O) groups excluding carboxylic acids is 1. The van der Waals surface area contributed by atoms with Gasteiger partial charge in [0.2, 0.25) is 0 Å². The van der Waals surface area contributed by atoms with Crippen LogP contribution in [0, 0.1) is 0 Å². The van der Waals surface area contributed by atoms with Crippen molar-refractivity contribution in [1.82, 2.24) is 15.3 Å². The summed E-state index contributed by atoms with van der Waals surface area (Å²) in [4.78, 5) is 21.1. The van der Waals surface area contributed by atoms with Crippen LogP contribution in [0.5, 0.6) is 0 Å². The summed E-state index contributed by atoms with van der Waals surface area (Å²) in [5.74, 6) is 0.148. The first kappa shape index (κ1) is 12.9. The fraction of sp³-hybridized carbons (Fsp3) is 0.300. The Kier molecular flexibility index (Phi) is 3.87. The van der Waals surface area contributed by atoms with Crippen LogP contribution in [0.25, 0.3) is 10.3 Å². The number of hydrogen-bond donors (Lipinski definition) is 2. The molecule has 6 nitrogen and oxygen atoms in total. The zero-order valence-electron chi connectivity index (χ0n) is 9.67. The Hall–Kier alpha value is -1.54. The molecule has 0 spiro atoms. The number of fused-ring (bicyclic) bond motifs is 1. The van der Waals surface area contributed by atoms with Crippen LogP contribution < -0.4 is 11.1 Å². The fourth-order valence-corrected chi connectivity index (χ4v) is 2.73. The molecule has 0 radical (unpaired) electrons. The second kappa shape index (κ2) is 5.40. The first-order valence-corrected chi connectivity index (χ1v) is 7.71. The first-order valence-electron chi connectivity index (χ1n) is 5.17. The quantitative estimate of drug-likeness (QED) is 0.846. The molecule has 1 unspecified atom stereocenters. The number of hydrogen-bond acceptors (Lipinski definition) is 6. The minimum absolute atomic E-state index is 0.275. The third kappa shape index (κ3) is 2.65. The molecule has 0 saturated carbocycles. The lowest BCUT2D eigenvalue weighted by Crippen LogP contribution is -2.27. The van der Waals surface area contributed by atoms with Crippen molar-refractivity contribution in [3.8, 4) is 0 Å². The average molecular weight is 284 g/mol. The van der Waals surface area contributed by atoms with E-state index in [-0.39, 0.29) is 5.91 Å². The van der Waals surface area contributed by atoms with Crippen LogP contribution in [0.15, 0.2) is 12.4 Å². The third-order valence-corrected chi connectivity index (χ3v) is 4.13. The fourth-order valence-electron chi connectivity index (χ4n) is 1.40. The number of amides is 1. The van der Waals surface area contributed by atoms with E-state index in [1.165, 1.54) is 17.5 Å². The summed E-state index contributed by atoms with van der Waals surface area (Å²) in [5.41, 5.74) is 6.75. The maximum atomic E-state index is 11.9. The van der Waals surface area contributed by atoms with Gasteiger partial charge in [-0.15, -0.1) is 11.3 Å². The Bertz CT molecular complexity index is 611. The Labute approximate surface area is 110 Å². The number of nitrogen functional groups attached to an aromatic ring is 1. The number of aromatic nitrogens is 2. The lowest BCUT2D eigenvalue weighted by Gasteiger charge is -2.02. The second-order valence-corrected chi connectivity index (χ2v) is 6.14. The van der Waals surface area contributed by atoms with Gasteiger partial charge in [0.05, 0.1) is 5.69 Å². The molecule has 18 heavy (non-hydrogen) atoms. The van der Waals surface area contributed by atoms with Gasteiger partial charge in [-0.05, 0) is 0 Å². The van der Waals surface area contributed by atoms with E-state index < -0.39 is 10.8 Å². The number of rotatable bonds is 4. The average Bonchev–Trinajstić information content (AvgIpc) is 2.67. The minimum atomic E-state index is -0.926. The predicted octanol–water partition coefficient (Wildman–Crippen LogP) is 0.382. The number of nitrogens with one attached hydrogen (secondary N) is 1. The highest BCUT2D eigenvalue weighted by molar-refractivity contribution is 7.84. The van der Waals surface area contributed by atoms with Gasteiger partial charge in [-0.3, -0.25) is 9.00 Å². The molecule has 2 rings (SSSR count). The Morgan fingerprint density at radius 3 is 2.89 bits per heavy atom. The lowest BCUT2D eigenvalue weighted by atomic mass is 10.3. The molecule has 1 amide bonds. The molecule has 96 valence electrons. The van der Waals surface area contributed by atoms with Gasteiger partial charge in [0.25, 0.3) is 5.91 Å². The molecular weight excluding hydrogens is 272 g/mol. The normalized spacial score (nSPS) is 12.5. The van der Waals surface area contributed by atoms with Crippen molar-refractivity contribution in [2.24, 2.45) is 0 Å². The first-order chi connectivity index (χ1) is 8.59. The van der Waals surface area contributed by atoms with Crippen molar-refractivity contribution in [3.05, 3.63) is 17.3 Å². The summed E-state index contributed by atoms with van der Waals surface area (Å²) in [7, 11) is -0.926. The van der Waals surface area contributed by atoms with E-state index in [9.17, 15) is 9.00 Å². The maximum Gasteiger partial charge on any atom is 0.263 e. The Morgan fingerprint density at radius 1 is 1.50 bits per heavy atom. The predicted molar refractivity (Wildman–Crippen MR) is 73.1 cm³/mol. The zero-order valence-corrected chi connectivity index (χ0v) is 11.3. The van der Waals surface area contributed by atoms with E-state index in [1.807, 2.05) is 0 Å². The molecular formula is C10H12N4O2S2. The van der Waals surface area contributed by atoms with Gasteiger partial charge in [-0.25, -0.2) is 9.97 Å². The van der Waals surface area contributed by atoms with Crippen molar-refractivity contribution < 1.29 is 9.00 Å². The van der Waals surface area contributed by atoms with E-state index >= 15 is 0 Å². The van der Waals surface area contributed by atoms with Crippen LogP contribution in [0.3, 0.4) is 0 Å². The van der Waals surface area contributed by atoms with Gasteiger partial charge in [0.15, 0.2) is 0 Å². The van der Waals surface area contributed by atoms with E-state index in [1.54, 1.807) is 12.5 Å². The highest BCUT2D eigenvalue weighted by Gasteiger charge is 2.17. The molecule has 0 aliphatic rings. The number of nitrogens with zero attached hydrogens (tertiary/aromatic N) is 2. The molecule has 3 N–H and O–H groups in total. The van der Waals surface area contributed by atoms with Crippen molar-refractivity contribution in [1.29, 1.82) is 0 Å². The Balaban J connectivity index is 2.17. The van der Waals surface area contributed by atoms with Gasteiger partial charge in [-0.1, -0.05) is 0 Å². The largest absolute Gasteiger partial charge is 0.396 e. The van der Waals surface area contributed by atoms with Gasteiger partial charge >= 0.3 is 0 Å². The molecule has 0 aromatic carbocycles. The van der Waals surface area contributed by atoms with Crippen molar-refractivity contribution in [2.75, 3.05) is 24.3 Å². The third-order valence-electron chi connectivity index (χ3n) is 2.24. The van der Waals surface area contributed by atoms with Crippen LogP contribution in [0.4, 0.5) is 5.69 Å². The SMILES string of the molecule is CS(=O)CCNC(=O)c1sc2nccnc2c1N. The zero-order chi connectivity index (χ0) is 13.1. The molecule has 0 aliphatic heterocycles. The molecule has 1 atom stereocenters. The summed E-state index contributed by atoms with van der Waals surface area (Å²) >= 11 is 1.20. The maximum absolute atomic E-state index is 11.9. The monoisotopic (exact) mass is 284 g/mol. The number of carbonyl (C=O) groups is 1. The number of nitrogens with two attached hydrogens (primary N) is 1. The lowest BCUT2D eigenvalue weighted by molar-refractivity contribution is 0.0961. The minimum Gasteiger partial charge on any atom is -0.396 e. The van der Waals surface area contributed by atoms with Gasteiger partial charge in [0, 0.05) is 41.7 Å². The highest BCUT2D eigenvalue weighted by Crippen LogP contribution is 2.29. The topological polar surface area (TPSA) is 98.0 Å². The molecule has 0 saturated heterocycles. The summed E-state index contributed by atoms with van der Waals surface area (Å²) in [6, 6.07) is 0. The van der Waals surface area contributed by atoms with E-state index in [0.717, 1.165) is 0 Å². The summed E-state index contributed by atoms with van der Waals surface area (Å²) in [5, 5.41) is 2.67. The number of thiophene rings is 1. The molecule has 2 heterocycles. The van der Waals surface area contributed by atoms with Crippen LogP contribution in [0.2, 0.25) is 0 Å². The van der Waals surface area contributed by atoms with Crippen LogP contribution in [-0.4, -0.2) is 38.6 Å². The van der Waals surface area contributed by atoms with Gasteiger partial charge in [-0.2, -0.15) is 0 Å². The summed E-state index contributed by atoms with van der Waals surface area (Å²) < 4.78 is 10.9. The molecule has 2 aromatic heterocycles. The van der Waals surface area contributed by atoms with E-state index in [4.69, 9.17) is 5.73 Å². The summed E-state index contributed by atoms with van der Waals surface area (Å²) in [6.07, 6.45) is 4.68. The molecule has 0 fully saturated rings. The standard InChI is InChI=1S/C10H12N4O2S2/c1-18(16)5-4-13-9(15)8-6(11)7-10(17-8)14-3-2-12-7/h2-3H,4-5,11H2,1H3,(H,13,15). The molecule has 0 bridgehead atoms. The van der Waals surface area contributed by atoms with Crippen molar-refractivity contribution in [3.63, 3.8) is 0 Å². The van der Waals surface area contributed by atoms with Gasteiger partial charge < -0.3 is 11.1 Å². The van der Waals surface area contributed by atoms with Crippen LogP contribution in [-0.2, 0) is 10.8 Å². The molecule has 2 aromatic rings. The van der Waals surface area contributed by atoms with Crippen molar-refractivity contribution >= 4 is 44.1 Å². The Morgan fingerprint density at radius 2 is 2.22 bits per heavy atom. The van der Waals surface area contributed by atoms with E-state index in [0.29, 0.717) is 33.2 Å². The molecule has 8 heteroatoms. The molecule has 0 aliphatic carbocycles. The second-order valence-electron chi connectivity index (χ2n) is 3.59.